The minimum absolute atomic E-state index is 0.122. The van der Waals surface area contributed by atoms with Gasteiger partial charge in [-0.15, -0.1) is 30.6 Å². The van der Waals surface area contributed by atoms with Crippen molar-refractivity contribution in [1.82, 2.24) is 45.3 Å². The highest BCUT2D eigenvalue weighted by Gasteiger charge is 2.23. The average Bonchev–Trinajstić information content (AvgIpc) is 3.62. The Morgan fingerprint density at radius 1 is 0.512 bits per heavy atom. The molecule has 1 aliphatic carbocycles. The van der Waals surface area contributed by atoms with Gasteiger partial charge in [0, 0.05) is 50.4 Å². The zero-order chi connectivity index (χ0) is 59.8. The average molecular weight is 1140 g/mol. The number of anilines is 3. The fourth-order valence-electron chi connectivity index (χ4n) is 10.1. The molecule has 13 heteroatoms. The molecule has 3 aliphatic rings. The number of nitrogens with zero attached hydrogens (tertiary/aromatic N) is 9. The Labute approximate surface area is 504 Å². The van der Waals surface area contributed by atoms with Crippen molar-refractivity contribution in [2.24, 2.45) is 11.8 Å². The van der Waals surface area contributed by atoms with Gasteiger partial charge in [-0.2, -0.15) is 0 Å². The van der Waals surface area contributed by atoms with Gasteiger partial charge in [0.15, 0.2) is 0 Å². The SMILES string of the molecule is CC.CC.CC.CCN(CC)CCNc1ccc(C2=CCCC=C2)nn1.O=C(CNc1ccc(-c2ccccc2)nn1)N1CCC(Cc2ccccc2)CC1.c1ccc(CN2CCC(CCCNc3ccc(-c4ccccc4)nn3)CC2)cc1. The molecule has 448 valence electrons. The molecule has 2 fully saturated rings. The van der Waals surface area contributed by atoms with Crippen LogP contribution in [0.15, 0.2) is 176 Å². The second kappa shape index (κ2) is 40.6. The number of aromatic nitrogens is 6. The lowest BCUT2D eigenvalue weighted by atomic mass is 9.90. The number of rotatable bonds is 21. The number of nitrogens with one attached hydrogen (secondary N) is 3. The summed E-state index contributed by atoms with van der Waals surface area (Å²) < 4.78 is 0. The van der Waals surface area contributed by atoms with Gasteiger partial charge in [-0.05, 0) is 149 Å². The lowest BCUT2D eigenvalue weighted by molar-refractivity contribution is -0.130. The summed E-state index contributed by atoms with van der Waals surface area (Å²) in [6.07, 6.45) is 17.1. The Kier molecular flexibility index (Phi) is 32.5. The van der Waals surface area contributed by atoms with Crippen LogP contribution in [0.4, 0.5) is 17.5 Å². The van der Waals surface area contributed by atoms with Crippen molar-refractivity contribution in [1.29, 1.82) is 0 Å². The second-order valence-corrected chi connectivity index (χ2v) is 20.4. The largest absolute Gasteiger partial charge is 0.369 e. The number of likely N-dealkylation sites (N-methyl/N-ethyl adjacent to an activating group) is 1. The fraction of sp³-hybridized carbons (Fsp3) is 0.423. The molecule has 3 N–H and O–H groups in total. The number of hydrogen-bond acceptors (Lipinski definition) is 12. The molecule has 0 saturated carbocycles. The predicted molar refractivity (Wildman–Crippen MR) is 354 cm³/mol. The Bertz CT molecular complexity index is 2820. The van der Waals surface area contributed by atoms with Crippen molar-refractivity contribution in [3.05, 3.63) is 193 Å². The summed E-state index contributed by atoms with van der Waals surface area (Å²) in [7, 11) is 0. The Morgan fingerprint density at radius 2 is 0.988 bits per heavy atom. The third-order valence-corrected chi connectivity index (χ3v) is 14.9. The topological polar surface area (TPSA) is 140 Å². The highest BCUT2D eigenvalue weighted by Crippen LogP contribution is 2.25. The Balaban J connectivity index is 0.000000224. The summed E-state index contributed by atoms with van der Waals surface area (Å²) in [5.74, 6) is 3.97. The molecule has 3 aromatic heterocycles. The van der Waals surface area contributed by atoms with E-state index in [0.717, 1.165) is 130 Å². The highest BCUT2D eigenvalue weighted by atomic mass is 16.2. The van der Waals surface area contributed by atoms with Crippen LogP contribution in [-0.2, 0) is 17.8 Å². The Hall–Kier alpha value is -7.61. The summed E-state index contributed by atoms with van der Waals surface area (Å²) >= 11 is 0. The van der Waals surface area contributed by atoms with Gasteiger partial charge in [-0.25, -0.2) is 0 Å². The van der Waals surface area contributed by atoms with Gasteiger partial charge in [-0.3, -0.25) is 9.69 Å². The molecular formula is C71H98N12O. The minimum Gasteiger partial charge on any atom is -0.369 e. The monoisotopic (exact) mass is 1130 g/mol. The van der Waals surface area contributed by atoms with Gasteiger partial charge >= 0.3 is 0 Å². The molecule has 0 unspecified atom stereocenters. The molecule has 2 saturated heterocycles. The van der Waals surface area contributed by atoms with E-state index in [-0.39, 0.29) is 12.5 Å². The van der Waals surface area contributed by atoms with Crippen molar-refractivity contribution < 1.29 is 4.79 Å². The first-order valence-corrected chi connectivity index (χ1v) is 31.5. The molecule has 0 spiro atoms. The van der Waals surface area contributed by atoms with Crippen LogP contribution in [0.5, 0.6) is 0 Å². The number of allylic oxidation sites excluding steroid dienone is 4. The van der Waals surface area contributed by atoms with Gasteiger partial charge in [0.2, 0.25) is 5.91 Å². The molecule has 7 aromatic rings. The zero-order valence-electron chi connectivity index (χ0n) is 52.0. The van der Waals surface area contributed by atoms with Crippen LogP contribution in [0.25, 0.3) is 28.1 Å². The van der Waals surface area contributed by atoms with Gasteiger partial charge in [0.1, 0.15) is 17.5 Å². The van der Waals surface area contributed by atoms with E-state index in [4.69, 9.17) is 0 Å². The molecule has 0 atom stereocenters. The van der Waals surface area contributed by atoms with Crippen LogP contribution in [0.2, 0.25) is 0 Å². The smallest absolute Gasteiger partial charge is 0.241 e. The first-order valence-electron chi connectivity index (χ1n) is 31.5. The maximum absolute atomic E-state index is 12.5. The van der Waals surface area contributed by atoms with Crippen molar-refractivity contribution in [3.63, 3.8) is 0 Å². The van der Waals surface area contributed by atoms with Crippen molar-refractivity contribution in [2.45, 2.75) is 120 Å². The number of likely N-dealkylation sites (tertiary alicyclic amines) is 2. The van der Waals surface area contributed by atoms with Gasteiger partial charge < -0.3 is 25.8 Å². The van der Waals surface area contributed by atoms with Crippen LogP contribution in [-0.4, -0.2) is 117 Å². The van der Waals surface area contributed by atoms with Crippen LogP contribution in [0, 0.1) is 11.8 Å². The number of piperidine rings is 2. The maximum atomic E-state index is 12.5. The molecular weight excluding hydrogens is 1040 g/mol. The van der Waals surface area contributed by atoms with Gasteiger partial charge in [0.25, 0.3) is 0 Å². The summed E-state index contributed by atoms with van der Waals surface area (Å²) in [5, 5.41) is 35.5. The molecule has 84 heavy (non-hydrogen) atoms. The molecule has 10 rings (SSSR count). The van der Waals surface area contributed by atoms with E-state index in [2.05, 4.69) is 161 Å². The van der Waals surface area contributed by atoms with E-state index in [9.17, 15) is 4.79 Å². The normalized spacial score (nSPS) is 14.0. The summed E-state index contributed by atoms with van der Waals surface area (Å²) in [5.41, 5.74) is 8.81. The summed E-state index contributed by atoms with van der Waals surface area (Å²) in [4.78, 5) is 19.5. The highest BCUT2D eigenvalue weighted by molar-refractivity contribution is 5.80. The van der Waals surface area contributed by atoms with E-state index in [1.165, 1.54) is 55.5 Å². The van der Waals surface area contributed by atoms with Crippen molar-refractivity contribution in [2.75, 3.05) is 81.4 Å². The fourth-order valence-corrected chi connectivity index (χ4v) is 10.1. The third-order valence-electron chi connectivity index (χ3n) is 14.9. The summed E-state index contributed by atoms with van der Waals surface area (Å²) in [6, 6.07) is 53.4. The second-order valence-electron chi connectivity index (χ2n) is 20.4. The molecule has 5 heterocycles. The number of carbonyl (C=O) groups is 1. The van der Waals surface area contributed by atoms with Crippen molar-refractivity contribution in [3.8, 4) is 22.5 Å². The standard InChI is InChI=1S/C25H30N4.C24H26N4O.C16H24N4.3C2H6/c1-3-8-22(9-4-1)20-29-18-15-21(16-19-29)10-7-17-26-25-14-13-24(27-28-25)23-11-5-2-6-12-23;29-24(28-15-13-20(14-16-28)17-19-7-3-1-4-8-19)18-25-23-12-11-22(26-27-23)21-9-5-2-6-10-21;1-3-20(4-2)13-12-17-16-11-10-15(18-19-16)14-8-6-5-7-9-14;3*1-2/h1-6,8-9,11-14,21H,7,10,15-20H2,(H,26,28);1-12,20H,13-18H2,(H,25,27);6,8-11H,3-5,7,12-13H2,1-2H3,(H,17,19);3*1-2H3. The van der Waals surface area contributed by atoms with E-state index in [1.54, 1.807) is 0 Å². The van der Waals surface area contributed by atoms with Gasteiger partial charge in [0.05, 0.1) is 23.6 Å². The number of carbonyl (C=O) groups excluding carboxylic acids is 1. The van der Waals surface area contributed by atoms with E-state index >= 15 is 0 Å². The predicted octanol–water partition coefficient (Wildman–Crippen LogP) is 15.3. The third kappa shape index (κ3) is 24.3. The molecule has 1 amide bonds. The first-order chi connectivity index (χ1) is 41.5. The van der Waals surface area contributed by atoms with Crippen LogP contribution < -0.4 is 16.0 Å². The zero-order valence-corrected chi connectivity index (χ0v) is 52.0. The molecule has 2 aliphatic heterocycles. The van der Waals surface area contributed by atoms with E-state index < -0.39 is 0 Å². The number of hydrogen-bond donors (Lipinski definition) is 3. The number of amides is 1. The maximum Gasteiger partial charge on any atom is 0.241 e. The minimum atomic E-state index is 0.122. The van der Waals surface area contributed by atoms with Crippen LogP contribution in [0.1, 0.15) is 124 Å². The van der Waals surface area contributed by atoms with Crippen LogP contribution in [0.3, 0.4) is 0 Å². The molecule has 0 radical (unpaired) electrons. The molecule has 4 aromatic carbocycles. The summed E-state index contributed by atoms with van der Waals surface area (Å²) in [6.45, 7) is 26.9. The lowest BCUT2D eigenvalue weighted by Crippen LogP contribution is -2.41. The quantitative estimate of drug-likeness (QED) is 0.0590. The van der Waals surface area contributed by atoms with E-state index in [1.807, 2.05) is 131 Å². The first kappa shape index (κ1) is 67.2. The van der Waals surface area contributed by atoms with Crippen LogP contribution >= 0.6 is 0 Å². The number of benzene rings is 4. The van der Waals surface area contributed by atoms with Crippen molar-refractivity contribution >= 4 is 28.9 Å². The molecule has 13 nitrogen and oxygen atoms in total. The lowest BCUT2D eigenvalue weighted by Gasteiger charge is -2.32. The van der Waals surface area contributed by atoms with E-state index in [0.29, 0.717) is 11.7 Å². The molecule has 0 bridgehead atoms. The Morgan fingerprint density at radius 3 is 1.48 bits per heavy atom. The van der Waals surface area contributed by atoms with Gasteiger partial charge in [-0.1, -0.05) is 195 Å².